The van der Waals surface area contributed by atoms with Crippen molar-refractivity contribution >= 4 is 17.4 Å². The van der Waals surface area contributed by atoms with E-state index in [0.717, 1.165) is 17.0 Å². The standard InChI is InChI=1S/C14H15F2NO2/c1-14(2,3)6-7-17-11-9(16)5-4-8(15)10(11)12(18)13(17)19/h4-5H,6-7H2,1-3H3. The predicted octanol–water partition coefficient (Wildman–Crippen LogP) is 2.93. The van der Waals surface area contributed by atoms with Crippen molar-refractivity contribution in [2.24, 2.45) is 5.41 Å². The van der Waals surface area contributed by atoms with E-state index in [2.05, 4.69) is 0 Å². The van der Waals surface area contributed by atoms with Crippen molar-refractivity contribution in [2.75, 3.05) is 11.4 Å². The average Bonchev–Trinajstić information content (AvgIpc) is 2.55. The summed E-state index contributed by atoms with van der Waals surface area (Å²) < 4.78 is 27.4. The van der Waals surface area contributed by atoms with Gasteiger partial charge in [0.1, 0.15) is 11.6 Å². The molecular formula is C14H15F2NO2. The van der Waals surface area contributed by atoms with Crippen molar-refractivity contribution in [1.82, 2.24) is 0 Å². The summed E-state index contributed by atoms with van der Waals surface area (Å²) in [4.78, 5) is 24.6. The number of benzene rings is 1. The average molecular weight is 267 g/mol. The molecule has 0 saturated heterocycles. The minimum Gasteiger partial charge on any atom is -0.302 e. The van der Waals surface area contributed by atoms with Crippen LogP contribution in [0.5, 0.6) is 0 Å². The molecule has 1 amide bonds. The number of nitrogens with zero attached hydrogens (tertiary/aromatic N) is 1. The smallest absolute Gasteiger partial charge is 0.299 e. The third-order valence-electron chi connectivity index (χ3n) is 3.10. The number of rotatable bonds is 2. The van der Waals surface area contributed by atoms with Crippen molar-refractivity contribution in [2.45, 2.75) is 27.2 Å². The molecule has 3 nitrogen and oxygen atoms in total. The maximum Gasteiger partial charge on any atom is 0.299 e. The number of anilines is 1. The SMILES string of the molecule is CC(C)(C)CCN1C(=O)C(=O)c2c(F)ccc(F)c21. The van der Waals surface area contributed by atoms with Crippen molar-refractivity contribution < 1.29 is 18.4 Å². The lowest BCUT2D eigenvalue weighted by Gasteiger charge is -2.23. The van der Waals surface area contributed by atoms with Crippen LogP contribution in [0, 0.1) is 17.0 Å². The van der Waals surface area contributed by atoms with Crippen LogP contribution in [0.3, 0.4) is 0 Å². The van der Waals surface area contributed by atoms with Gasteiger partial charge in [-0.15, -0.1) is 0 Å². The molecule has 1 aliphatic rings. The second kappa shape index (κ2) is 4.40. The monoisotopic (exact) mass is 267 g/mol. The van der Waals surface area contributed by atoms with Gasteiger partial charge in [-0.05, 0) is 24.0 Å². The maximum atomic E-state index is 13.8. The van der Waals surface area contributed by atoms with Crippen LogP contribution in [0.15, 0.2) is 12.1 Å². The van der Waals surface area contributed by atoms with Gasteiger partial charge in [0.2, 0.25) is 0 Å². The topological polar surface area (TPSA) is 37.4 Å². The zero-order valence-electron chi connectivity index (χ0n) is 11.1. The van der Waals surface area contributed by atoms with Gasteiger partial charge in [-0.3, -0.25) is 9.59 Å². The molecule has 0 unspecified atom stereocenters. The molecule has 102 valence electrons. The summed E-state index contributed by atoms with van der Waals surface area (Å²) in [7, 11) is 0. The van der Waals surface area contributed by atoms with Gasteiger partial charge >= 0.3 is 0 Å². The highest BCUT2D eigenvalue weighted by atomic mass is 19.1. The van der Waals surface area contributed by atoms with E-state index in [0.29, 0.717) is 6.42 Å². The van der Waals surface area contributed by atoms with E-state index in [-0.39, 0.29) is 17.6 Å². The fourth-order valence-electron chi connectivity index (χ4n) is 2.01. The maximum absolute atomic E-state index is 13.8. The highest BCUT2D eigenvalue weighted by Crippen LogP contribution is 2.34. The van der Waals surface area contributed by atoms with Crippen LogP contribution in [-0.4, -0.2) is 18.2 Å². The number of halogens is 2. The van der Waals surface area contributed by atoms with Gasteiger partial charge in [0, 0.05) is 6.54 Å². The van der Waals surface area contributed by atoms with E-state index in [1.807, 2.05) is 20.8 Å². The van der Waals surface area contributed by atoms with Gasteiger partial charge in [-0.25, -0.2) is 8.78 Å². The Hall–Kier alpha value is -1.78. The van der Waals surface area contributed by atoms with E-state index >= 15 is 0 Å². The molecule has 1 heterocycles. The van der Waals surface area contributed by atoms with E-state index in [1.165, 1.54) is 0 Å². The highest BCUT2D eigenvalue weighted by molar-refractivity contribution is 6.52. The van der Waals surface area contributed by atoms with Crippen LogP contribution in [0.25, 0.3) is 0 Å². The molecule has 1 aliphatic heterocycles. The number of carbonyl (C=O) groups is 2. The Kier molecular flexibility index (Phi) is 3.16. The molecule has 19 heavy (non-hydrogen) atoms. The van der Waals surface area contributed by atoms with Crippen LogP contribution >= 0.6 is 0 Å². The zero-order valence-corrected chi connectivity index (χ0v) is 11.1. The molecule has 0 aromatic heterocycles. The van der Waals surface area contributed by atoms with Crippen LogP contribution in [0.1, 0.15) is 37.6 Å². The lowest BCUT2D eigenvalue weighted by molar-refractivity contribution is -0.114. The molecule has 0 saturated carbocycles. The van der Waals surface area contributed by atoms with Crippen molar-refractivity contribution in [3.8, 4) is 0 Å². The van der Waals surface area contributed by atoms with E-state index in [1.54, 1.807) is 0 Å². The van der Waals surface area contributed by atoms with Crippen LogP contribution < -0.4 is 4.90 Å². The quantitative estimate of drug-likeness (QED) is 0.773. The first kappa shape index (κ1) is 13.6. The fourth-order valence-corrected chi connectivity index (χ4v) is 2.01. The Morgan fingerprint density at radius 3 is 2.26 bits per heavy atom. The van der Waals surface area contributed by atoms with E-state index in [4.69, 9.17) is 0 Å². The minimum atomic E-state index is -0.971. The first-order valence-electron chi connectivity index (χ1n) is 6.06. The number of carbonyl (C=O) groups excluding carboxylic acids is 2. The zero-order chi connectivity index (χ0) is 14.4. The lowest BCUT2D eigenvalue weighted by Crippen LogP contribution is -2.33. The summed E-state index contributed by atoms with van der Waals surface area (Å²) in [5, 5.41) is 0. The summed E-state index contributed by atoms with van der Waals surface area (Å²) in [6.07, 6.45) is 0.585. The van der Waals surface area contributed by atoms with Crippen LogP contribution in [0.4, 0.5) is 14.5 Å². The fraction of sp³-hybridized carbons (Fsp3) is 0.429. The molecule has 0 aliphatic carbocycles. The second-order valence-electron chi connectivity index (χ2n) is 5.85. The molecule has 1 aromatic rings. The summed E-state index contributed by atoms with van der Waals surface area (Å²) in [6.45, 7) is 6.11. The Balaban J connectivity index is 2.42. The summed E-state index contributed by atoms with van der Waals surface area (Å²) in [6, 6.07) is 1.80. The second-order valence-corrected chi connectivity index (χ2v) is 5.85. The van der Waals surface area contributed by atoms with E-state index < -0.39 is 28.9 Å². The first-order chi connectivity index (χ1) is 8.72. The van der Waals surface area contributed by atoms with Crippen LogP contribution in [0.2, 0.25) is 0 Å². The van der Waals surface area contributed by atoms with Gasteiger partial charge in [-0.1, -0.05) is 20.8 Å². The van der Waals surface area contributed by atoms with Gasteiger partial charge in [0.15, 0.2) is 0 Å². The number of amides is 1. The lowest BCUT2D eigenvalue weighted by atomic mass is 9.92. The van der Waals surface area contributed by atoms with Crippen molar-refractivity contribution in [1.29, 1.82) is 0 Å². The van der Waals surface area contributed by atoms with Gasteiger partial charge in [0.05, 0.1) is 11.3 Å². The van der Waals surface area contributed by atoms with Crippen LogP contribution in [-0.2, 0) is 4.79 Å². The highest BCUT2D eigenvalue weighted by Gasteiger charge is 2.40. The Bertz CT molecular complexity index is 561. The van der Waals surface area contributed by atoms with Gasteiger partial charge in [-0.2, -0.15) is 0 Å². The Morgan fingerprint density at radius 1 is 1.11 bits per heavy atom. The van der Waals surface area contributed by atoms with E-state index in [9.17, 15) is 18.4 Å². The number of fused-ring (bicyclic) bond motifs is 1. The largest absolute Gasteiger partial charge is 0.302 e. The molecule has 0 fully saturated rings. The third kappa shape index (κ3) is 2.37. The van der Waals surface area contributed by atoms with Crippen molar-refractivity contribution in [3.63, 3.8) is 0 Å². The summed E-state index contributed by atoms with van der Waals surface area (Å²) >= 11 is 0. The molecule has 0 N–H and O–H groups in total. The molecule has 2 rings (SSSR count). The first-order valence-corrected chi connectivity index (χ1v) is 6.06. The summed E-state index contributed by atoms with van der Waals surface area (Å²) in [5.41, 5.74) is -0.742. The number of Topliss-reactive ketones (excluding diaryl/α,β-unsaturated/α-hetero) is 1. The number of hydrogen-bond acceptors (Lipinski definition) is 2. The molecule has 0 spiro atoms. The molecule has 0 bridgehead atoms. The van der Waals surface area contributed by atoms with Gasteiger partial charge < -0.3 is 4.90 Å². The van der Waals surface area contributed by atoms with Gasteiger partial charge in [0.25, 0.3) is 11.7 Å². The molecule has 1 aromatic carbocycles. The number of ketones is 1. The molecule has 0 radical (unpaired) electrons. The third-order valence-corrected chi connectivity index (χ3v) is 3.10. The minimum absolute atomic E-state index is 0.0735. The summed E-state index contributed by atoms with van der Waals surface area (Å²) in [5.74, 6) is -3.43. The molecular weight excluding hydrogens is 252 g/mol. The number of hydrogen-bond donors (Lipinski definition) is 0. The van der Waals surface area contributed by atoms with Crippen molar-refractivity contribution in [3.05, 3.63) is 29.3 Å². The molecule has 5 heteroatoms. The predicted molar refractivity (Wildman–Crippen MR) is 67.1 cm³/mol. The normalized spacial score (nSPS) is 15.1. The Labute approximate surface area is 110 Å². The Morgan fingerprint density at radius 2 is 1.68 bits per heavy atom. The molecule has 0 atom stereocenters.